The highest BCUT2D eigenvalue weighted by Crippen LogP contribution is 2.24. The van der Waals surface area contributed by atoms with Crippen molar-refractivity contribution >= 4 is 23.3 Å². The van der Waals surface area contributed by atoms with Gasteiger partial charge in [0.1, 0.15) is 5.75 Å². The number of nitrogens with one attached hydrogen (secondary N) is 2. The van der Waals surface area contributed by atoms with Crippen molar-refractivity contribution in [2.75, 3.05) is 23.9 Å². The molecule has 1 heterocycles. The van der Waals surface area contributed by atoms with Gasteiger partial charge >= 0.3 is 6.03 Å². The van der Waals surface area contributed by atoms with E-state index in [-0.39, 0.29) is 24.4 Å². The van der Waals surface area contributed by atoms with Crippen LogP contribution in [0.1, 0.15) is 17.5 Å². The summed E-state index contributed by atoms with van der Waals surface area (Å²) >= 11 is 0. The van der Waals surface area contributed by atoms with Crippen molar-refractivity contribution in [2.45, 2.75) is 26.3 Å². The van der Waals surface area contributed by atoms with Crippen molar-refractivity contribution in [1.82, 2.24) is 5.32 Å². The number of methoxy groups -OCH3 is 1. The van der Waals surface area contributed by atoms with Gasteiger partial charge in [0.2, 0.25) is 5.91 Å². The highest BCUT2D eigenvalue weighted by molar-refractivity contribution is 5.97. The second-order valence-electron chi connectivity index (χ2n) is 6.52. The molecular formula is C20H23N3O3. The van der Waals surface area contributed by atoms with Crippen LogP contribution in [0.5, 0.6) is 5.75 Å². The van der Waals surface area contributed by atoms with Gasteiger partial charge in [0.25, 0.3) is 0 Å². The van der Waals surface area contributed by atoms with Gasteiger partial charge in [-0.15, -0.1) is 0 Å². The number of ether oxygens (including phenoxy) is 1. The van der Waals surface area contributed by atoms with Gasteiger partial charge in [-0.1, -0.05) is 17.7 Å². The molecule has 0 aliphatic carbocycles. The Labute approximate surface area is 153 Å². The fourth-order valence-electron chi connectivity index (χ4n) is 3.11. The molecule has 0 aromatic heterocycles. The van der Waals surface area contributed by atoms with E-state index in [0.29, 0.717) is 6.54 Å². The summed E-state index contributed by atoms with van der Waals surface area (Å²) in [5, 5.41) is 5.74. The normalized spacial score (nSPS) is 16.5. The molecule has 136 valence electrons. The first-order chi connectivity index (χ1) is 12.5. The van der Waals surface area contributed by atoms with Gasteiger partial charge in [-0.05, 0) is 49.7 Å². The van der Waals surface area contributed by atoms with E-state index < -0.39 is 0 Å². The molecule has 2 aromatic carbocycles. The summed E-state index contributed by atoms with van der Waals surface area (Å²) in [5.74, 6) is 0.731. The van der Waals surface area contributed by atoms with E-state index in [1.165, 1.54) is 0 Å². The highest BCUT2D eigenvalue weighted by Gasteiger charge is 2.31. The minimum atomic E-state index is -0.300. The number of aryl methyl sites for hydroxylation is 2. The van der Waals surface area contributed by atoms with Gasteiger partial charge < -0.3 is 20.3 Å². The van der Waals surface area contributed by atoms with Crippen molar-refractivity contribution in [3.8, 4) is 5.75 Å². The van der Waals surface area contributed by atoms with Gasteiger partial charge in [0, 0.05) is 24.3 Å². The molecule has 26 heavy (non-hydrogen) atoms. The Morgan fingerprint density at radius 2 is 1.88 bits per heavy atom. The largest absolute Gasteiger partial charge is 0.497 e. The Bertz CT molecular complexity index is 818. The molecule has 0 radical (unpaired) electrons. The summed E-state index contributed by atoms with van der Waals surface area (Å²) in [6.45, 7) is 4.41. The average Bonchev–Trinajstić information content (AvgIpc) is 2.97. The van der Waals surface area contributed by atoms with E-state index in [1.807, 2.05) is 56.3 Å². The number of rotatable bonds is 4. The zero-order valence-corrected chi connectivity index (χ0v) is 15.2. The first-order valence-corrected chi connectivity index (χ1v) is 8.55. The van der Waals surface area contributed by atoms with Gasteiger partial charge in [-0.3, -0.25) is 4.79 Å². The highest BCUT2D eigenvalue weighted by atomic mass is 16.5. The Morgan fingerprint density at radius 3 is 2.54 bits per heavy atom. The summed E-state index contributed by atoms with van der Waals surface area (Å²) in [6, 6.07) is 12.6. The maximum Gasteiger partial charge on any atom is 0.319 e. The van der Waals surface area contributed by atoms with Crippen LogP contribution in [0.25, 0.3) is 0 Å². The van der Waals surface area contributed by atoms with Crippen molar-refractivity contribution in [3.05, 3.63) is 53.6 Å². The third kappa shape index (κ3) is 3.96. The maximum absolute atomic E-state index is 12.3. The second kappa shape index (κ2) is 7.47. The monoisotopic (exact) mass is 353 g/mol. The zero-order chi connectivity index (χ0) is 18.7. The summed E-state index contributed by atoms with van der Waals surface area (Å²) in [5.41, 5.74) is 3.71. The minimum absolute atomic E-state index is 0.00742. The number of hydrogen-bond acceptors (Lipinski definition) is 3. The molecule has 1 fully saturated rings. The Morgan fingerprint density at radius 1 is 1.15 bits per heavy atom. The third-order valence-electron chi connectivity index (χ3n) is 4.47. The van der Waals surface area contributed by atoms with Crippen LogP contribution in [-0.4, -0.2) is 31.6 Å². The Hall–Kier alpha value is -3.02. The molecule has 2 N–H and O–H groups in total. The molecule has 0 bridgehead atoms. The SMILES string of the molecule is COc1ccc(N2C[C@@H](NC(=O)Nc3ccc(C)cc3C)CC2=O)cc1. The lowest BCUT2D eigenvalue weighted by Gasteiger charge is -2.18. The Kier molecular flexibility index (Phi) is 5.11. The lowest BCUT2D eigenvalue weighted by Crippen LogP contribution is -2.39. The molecule has 3 amide bonds. The van der Waals surface area contributed by atoms with Crippen molar-refractivity contribution in [3.63, 3.8) is 0 Å². The van der Waals surface area contributed by atoms with Crippen LogP contribution in [0, 0.1) is 13.8 Å². The first-order valence-electron chi connectivity index (χ1n) is 8.55. The predicted octanol–water partition coefficient (Wildman–Crippen LogP) is 3.24. The van der Waals surface area contributed by atoms with Gasteiger partial charge in [0.15, 0.2) is 0 Å². The number of carbonyl (C=O) groups excluding carboxylic acids is 2. The van der Waals surface area contributed by atoms with Crippen molar-refractivity contribution < 1.29 is 14.3 Å². The van der Waals surface area contributed by atoms with E-state index in [4.69, 9.17) is 4.74 Å². The molecule has 0 saturated carbocycles. The molecule has 1 aliphatic rings. The lowest BCUT2D eigenvalue weighted by molar-refractivity contribution is -0.117. The van der Waals surface area contributed by atoms with E-state index in [2.05, 4.69) is 10.6 Å². The molecule has 1 atom stereocenters. The molecular weight excluding hydrogens is 330 g/mol. The molecule has 1 aliphatic heterocycles. The minimum Gasteiger partial charge on any atom is -0.497 e. The fourth-order valence-corrected chi connectivity index (χ4v) is 3.11. The number of anilines is 2. The molecule has 6 heteroatoms. The summed E-state index contributed by atoms with van der Waals surface area (Å²) in [7, 11) is 1.60. The van der Waals surface area contributed by atoms with Crippen molar-refractivity contribution in [1.29, 1.82) is 0 Å². The predicted molar refractivity (Wildman–Crippen MR) is 102 cm³/mol. The molecule has 0 spiro atoms. The number of urea groups is 1. The van der Waals surface area contributed by atoms with Crippen LogP contribution in [-0.2, 0) is 4.79 Å². The molecule has 1 saturated heterocycles. The Balaban J connectivity index is 1.60. The van der Waals surface area contributed by atoms with Crippen molar-refractivity contribution in [2.24, 2.45) is 0 Å². The number of amides is 3. The first kappa shape index (κ1) is 17.8. The zero-order valence-electron chi connectivity index (χ0n) is 15.2. The van der Waals surface area contributed by atoms with E-state index in [9.17, 15) is 9.59 Å². The lowest BCUT2D eigenvalue weighted by atomic mass is 10.1. The molecule has 3 rings (SSSR count). The van der Waals surface area contributed by atoms with E-state index in [0.717, 1.165) is 28.3 Å². The summed E-state index contributed by atoms with van der Waals surface area (Å²) < 4.78 is 5.14. The van der Waals surface area contributed by atoms with Crippen LogP contribution in [0.4, 0.5) is 16.2 Å². The fraction of sp³-hybridized carbons (Fsp3) is 0.300. The molecule has 2 aromatic rings. The van der Waals surface area contributed by atoms with Gasteiger partial charge in [0.05, 0.1) is 13.2 Å². The van der Waals surface area contributed by atoms with Crippen LogP contribution < -0.4 is 20.3 Å². The van der Waals surface area contributed by atoms with Crippen LogP contribution in [0.15, 0.2) is 42.5 Å². The average molecular weight is 353 g/mol. The topological polar surface area (TPSA) is 70.7 Å². The smallest absolute Gasteiger partial charge is 0.319 e. The quantitative estimate of drug-likeness (QED) is 0.886. The molecule has 6 nitrogen and oxygen atoms in total. The second-order valence-corrected chi connectivity index (χ2v) is 6.52. The van der Waals surface area contributed by atoms with E-state index in [1.54, 1.807) is 12.0 Å². The number of carbonyl (C=O) groups is 2. The number of benzene rings is 2. The molecule has 0 unspecified atom stereocenters. The standard InChI is InChI=1S/C20H23N3O3/c1-13-4-9-18(14(2)10-13)22-20(25)21-15-11-19(24)23(12-15)16-5-7-17(26-3)8-6-16/h4-10,15H,11-12H2,1-3H3,(H2,21,22,25)/t15-/m0/s1. The number of nitrogens with zero attached hydrogens (tertiary/aromatic N) is 1. The summed E-state index contributed by atoms with van der Waals surface area (Å²) in [6.07, 6.45) is 0.284. The van der Waals surface area contributed by atoms with Crippen LogP contribution in [0.2, 0.25) is 0 Å². The van der Waals surface area contributed by atoms with E-state index >= 15 is 0 Å². The van der Waals surface area contributed by atoms with Gasteiger partial charge in [-0.2, -0.15) is 0 Å². The number of hydrogen-bond donors (Lipinski definition) is 2. The van der Waals surface area contributed by atoms with Crippen LogP contribution >= 0.6 is 0 Å². The third-order valence-corrected chi connectivity index (χ3v) is 4.47. The van der Waals surface area contributed by atoms with Gasteiger partial charge in [-0.25, -0.2) is 4.79 Å². The van der Waals surface area contributed by atoms with Crippen LogP contribution in [0.3, 0.4) is 0 Å². The maximum atomic E-state index is 12.3. The summed E-state index contributed by atoms with van der Waals surface area (Å²) in [4.78, 5) is 26.2.